The first-order valence-corrected chi connectivity index (χ1v) is 9.84. The van der Waals surface area contributed by atoms with Gasteiger partial charge in [-0.05, 0) is 18.1 Å². The largest absolute Gasteiger partial charge is 0.445 e. The molecular formula is C23H26N2O5. The Morgan fingerprint density at radius 3 is 2.13 bits per heavy atom. The molecule has 1 aliphatic rings. The minimum absolute atomic E-state index is 0.0867. The summed E-state index contributed by atoms with van der Waals surface area (Å²) in [5.74, 6) is 0. The highest BCUT2D eigenvalue weighted by Crippen LogP contribution is 2.14. The summed E-state index contributed by atoms with van der Waals surface area (Å²) < 4.78 is 10.6. The molecule has 0 bridgehead atoms. The third kappa shape index (κ3) is 6.09. The molecule has 0 spiro atoms. The van der Waals surface area contributed by atoms with Gasteiger partial charge in [-0.2, -0.15) is 0 Å². The Kier molecular flexibility index (Phi) is 7.45. The van der Waals surface area contributed by atoms with Crippen molar-refractivity contribution in [2.45, 2.75) is 38.3 Å². The summed E-state index contributed by atoms with van der Waals surface area (Å²) in [6.45, 7) is 2.17. The fraction of sp³-hybridized carbons (Fsp3) is 0.304. The number of amides is 2. The van der Waals surface area contributed by atoms with Crippen molar-refractivity contribution in [3.05, 3.63) is 83.9 Å². The van der Waals surface area contributed by atoms with E-state index >= 15 is 0 Å². The van der Waals surface area contributed by atoms with Crippen molar-refractivity contribution in [1.29, 1.82) is 0 Å². The molecule has 1 aliphatic heterocycles. The maximum absolute atomic E-state index is 12.6. The van der Waals surface area contributed by atoms with Crippen LogP contribution in [-0.2, 0) is 22.7 Å². The molecule has 30 heavy (non-hydrogen) atoms. The lowest BCUT2D eigenvalue weighted by atomic mass is 10.1. The first-order chi connectivity index (χ1) is 14.5. The maximum atomic E-state index is 12.6. The van der Waals surface area contributed by atoms with Gasteiger partial charge in [0.05, 0.1) is 18.2 Å². The molecule has 2 aromatic carbocycles. The van der Waals surface area contributed by atoms with Gasteiger partial charge in [-0.1, -0.05) is 72.8 Å². The molecule has 0 saturated heterocycles. The van der Waals surface area contributed by atoms with Crippen molar-refractivity contribution >= 4 is 12.2 Å². The molecule has 0 radical (unpaired) electrons. The monoisotopic (exact) mass is 410 g/mol. The first-order valence-electron chi connectivity index (χ1n) is 9.84. The Hall–Kier alpha value is -3.32. The number of carbonyl (C=O) groups is 2. The van der Waals surface area contributed by atoms with Crippen LogP contribution < -0.4 is 5.32 Å². The van der Waals surface area contributed by atoms with Crippen molar-refractivity contribution in [1.82, 2.24) is 10.2 Å². The zero-order valence-corrected chi connectivity index (χ0v) is 16.8. The number of hydrogen-bond acceptors (Lipinski definition) is 5. The molecule has 158 valence electrons. The molecule has 3 rings (SSSR count). The number of nitrogens with one attached hydrogen (secondary N) is 1. The predicted octanol–water partition coefficient (Wildman–Crippen LogP) is 3.24. The van der Waals surface area contributed by atoms with Gasteiger partial charge in [0, 0.05) is 6.54 Å². The Balaban J connectivity index is 1.57. The molecule has 1 unspecified atom stereocenters. The molecule has 2 amide bonds. The third-order valence-corrected chi connectivity index (χ3v) is 4.84. The quantitative estimate of drug-likeness (QED) is 0.739. The number of benzene rings is 2. The van der Waals surface area contributed by atoms with Crippen LogP contribution in [0.4, 0.5) is 9.59 Å². The lowest BCUT2D eigenvalue weighted by Crippen LogP contribution is -2.51. The number of hydrogen-bond donors (Lipinski definition) is 2. The van der Waals surface area contributed by atoms with Crippen molar-refractivity contribution in [2.24, 2.45) is 0 Å². The van der Waals surface area contributed by atoms with Crippen LogP contribution in [0.3, 0.4) is 0 Å². The van der Waals surface area contributed by atoms with Crippen molar-refractivity contribution in [2.75, 3.05) is 6.54 Å². The molecule has 1 heterocycles. The summed E-state index contributed by atoms with van der Waals surface area (Å²) >= 11 is 0. The Morgan fingerprint density at radius 2 is 1.53 bits per heavy atom. The van der Waals surface area contributed by atoms with E-state index in [1.807, 2.05) is 67.6 Å². The van der Waals surface area contributed by atoms with E-state index in [4.69, 9.17) is 9.47 Å². The highest BCUT2D eigenvalue weighted by Gasteiger charge is 2.31. The van der Waals surface area contributed by atoms with Gasteiger partial charge in [0.1, 0.15) is 13.2 Å². The number of ether oxygens (including phenoxy) is 2. The average Bonchev–Trinajstić information content (AvgIpc) is 2.91. The summed E-state index contributed by atoms with van der Waals surface area (Å²) in [7, 11) is 0. The van der Waals surface area contributed by atoms with Crippen LogP contribution in [-0.4, -0.2) is 46.9 Å². The molecule has 7 heteroatoms. The van der Waals surface area contributed by atoms with Crippen LogP contribution in [0.25, 0.3) is 0 Å². The highest BCUT2D eigenvalue weighted by molar-refractivity contribution is 5.70. The van der Waals surface area contributed by atoms with Crippen molar-refractivity contribution in [3.63, 3.8) is 0 Å². The van der Waals surface area contributed by atoms with E-state index in [2.05, 4.69) is 5.32 Å². The molecule has 2 aromatic rings. The minimum atomic E-state index is -0.955. The number of carbonyl (C=O) groups excluding carboxylic acids is 2. The summed E-state index contributed by atoms with van der Waals surface area (Å²) in [4.78, 5) is 26.3. The molecule has 0 aliphatic carbocycles. The topological polar surface area (TPSA) is 88.1 Å². The standard InChI is InChI=1S/C23H26N2O5/c1-17-12-13-21(26)20(24-22(27)29-15-18-8-4-2-5-9-18)14-25(17)23(28)30-16-19-10-6-3-7-11-19/h2-13,17,20-21,26H,14-16H2,1H3,(H,24,27)/t17-,20+,21?/m0/s1. The number of nitrogens with zero attached hydrogens (tertiary/aromatic N) is 1. The SMILES string of the molecule is C[C@H]1C=CC(O)[C@H](NC(=O)OCc2ccccc2)CN1C(=O)OCc1ccccc1. The van der Waals surface area contributed by atoms with Gasteiger partial charge >= 0.3 is 12.2 Å². The Bertz CT molecular complexity index is 856. The molecule has 0 aromatic heterocycles. The Morgan fingerprint density at radius 1 is 0.967 bits per heavy atom. The molecular weight excluding hydrogens is 384 g/mol. The Labute approximate surface area is 175 Å². The number of aliphatic hydroxyl groups is 1. The minimum Gasteiger partial charge on any atom is -0.445 e. The smallest absolute Gasteiger partial charge is 0.410 e. The van der Waals surface area contributed by atoms with Crippen LogP contribution >= 0.6 is 0 Å². The fourth-order valence-corrected chi connectivity index (χ4v) is 3.09. The van der Waals surface area contributed by atoms with Crippen LogP contribution in [0.15, 0.2) is 72.8 Å². The summed E-state index contributed by atoms with van der Waals surface area (Å²) in [5, 5.41) is 13.0. The normalized spacial score (nSPS) is 20.9. The van der Waals surface area contributed by atoms with E-state index in [-0.39, 0.29) is 25.8 Å². The van der Waals surface area contributed by atoms with E-state index in [1.165, 1.54) is 4.90 Å². The molecule has 3 atom stereocenters. The lowest BCUT2D eigenvalue weighted by molar-refractivity contribution is 0.0742. The highest BCUT2D eigenvalue weighted by atomic mass is 16.6. The number of alkyl carbamates (subject to hydrolysis) is 1. The second kappa shape index (κ2) is 10.5. The molecule has 0 saturated carbocycles. The van der Waals surface area contributed by atoms with Gasteiger partial charge in [0.25, 0.3) is 0 Å². The van der Waals surface area contributed by atoms with Crippen LogP contribution in [0.2, 0.25) is 0 Å². The van der Waals surface area contributed by atoms with Gasteiger partial charge in [-0.25, -0.2) is 9.59 Å². The van der Waals surface area contributed by atoms with E-state index in [0.29, 0.717) is 0 Å². The molecule has 2 N–H and O–H groups in total. The lowest BCUT2D eigenvalue weighted by Gasteiger charge is -2.29. The summed E-state index contributed by atoms with van der Waals surface area (Å²) in [6.07, 6.45) is 1.14. The van der Waals surface area contributed by atoms with E-state index in [1.54, 1.807) is 12.2 Å². The maximum Gasteiger partial charge on any atom is 0.410 e. The first kappa shape index (κ1) is 21.4. The van der Waals surface area contributed by atoms with Gasteiger partial charge in [-0.15, -0.1) is 0 Å². The number of aliphatic hydroxyl groups excluding tert-OH is 1. The van der Waals surface area contributed by atoms with Crippen LogP contribution in [0.5, 0.6) is 0 Å². The van der Waals surface area contributed by atoms with Gasteiger partial charge in [0.2, 0.25) is 0 Å². The van der Waals surface area contributed by atoms with Gasteiger partial charge in [-0.3, -0.25) is 4.90 Å². The summed E-state index contributed by atoms with van der Waals surface area (Å²) in [5.41, 5.74) is 1.73. The molecule has 7 nitrogen and oxygen atoms in total. The zero-order chi connectivity index (χ0) is 21.3. The fourth-order valence-electron chi connectivity index (χ4n) is 3.09. The van der Waals surface area contributed by atoms with Crippen LogP contribution in [0, 0.1) is 0 Å². The van der Waals surface area contributed by atoms with Crippen LogP contribution in [0.1, 0.15) is 18.1 Å². The second-order valence-electron chi connectivity index (χ2n) is 7.12. The number of rotatable bonds is 5. The zero-order valence-electron chi connectivity index (χ0n) is 16.8. The third-order valence-electron chi connectivity index (χ3n) is 4.84. The second-order valence-corrected chi connectivity index (χ2v) is 7.12. The van der Waals surface area contributed by atoms with Crippen molar-refractivity contribution in [3.8, 4) is 0 Å². The van der Waals surface area contributed by atoms with E-state index in [9.17, 15) is 14.7 Å². The van der Waals surface area contributed by atoms with E-state index < -0.39 is 24.3 Å². The molecule has 0 fully saturated rings. The average molecular weight is 410 g/mol. The summed E-state index contributed by atoms with van der Waals surface area (Å²) in [6, 6.07) is 17.7. The van der Waals surface area contributed by atoms with E-state index in [0.717, 1.165) is 11.1 Å². The van der Waals surface area contributed by atoms with Gasteiger partial charge in [0.15, 0.2) is 0 Å². The van der Waals surface area contributed by atoms with Gasteiger partial charge < -0.3 is 19.9 Å². The van der Waals surface area contributed by atoms with Crippen molar-refractivity contribution < 1.29 is 24.2 Å². The predicted molar refractivity (Wildman–Crippen MR) is 111 cm³/mol.